The number of hydrogen-bond acceptors (Lipinski definition) is 3. The Hall–Kier alpha value is -1.32. The Balaban J connectivity index is 1.99. The van der Waals surface area contributed by atoms with Crippen molar-refractivity contribution in [1.82, 2.24) is 4.90 Å². The lowest BCUT2D eigenvalue weighted by atomic mass is 10.1. The normalized spacial score (nSPS) is 24.4. The molecular weight excluding hydrogens is 206 g/mol. The molecule has 88 valence electrons. The first-order chi connectivity index (χ1) is 7.37. The third kappa shape index (κ3) is 2.10. The Morgan fingerprint density at radius 1 is 1.50 bits per heavy atom. The first kappa shape index (κ1) is 11.2. The van der Waals surface area contributed by atoms with Gasteiger partial charge in [-0.15, -0.1) is 0 Å². The molecule has 0 N–H and O–H groups in total. The highest BCUT2D eigenvalue weighted by molar-refractivity contribution is 5.90. The fourth-order valence-electron chi connectivity index (χ4n) is 2.09. The summed E-state index contributed by atoms with van der Waals surface area (Å²) in [5, 5.41) is 0. The lowest BCUT2D eigenvalue weighted by Crippen LogP contribution is -2.36. The number of ether oxygens (including phenoxy) is 1. The number of amides is 1. The molecule has 1 fully saturated rings. The van der Waals surface area contributed by atoms with Gasteiger partial charge in [0.2, 0.25) is 0 Å². The predicted molar refractivity (Wildman–Crippen MR) is 59.0 cm³/mol. The van der Waals surface area contributed by atoms with Gasteiger partial charge in [0, 0.05) is 19.5 Å². The Labute approximate surface area is 95.2 Å². The maximum absolute atomic E-state index is 11.8. The van der Waals surface area contributed by atoms with E-state index in [1.54, 1.807) is 4.90 Å². The third-order valence-electron chi connectivity index (χ3n) is 2.83. The van der Waals surface area contributed by atoms with Crippen molar-refractivity contribution in [1.29, 1.82) is 0 Å². The molecule has 1 unspecified atom stereocenters. The van der Waals surface area contributed by atoms with Crippen LogP contribution in [0.5, 0.6) is 0 Å². The summed E-state index contributed by atoms with van der Waals surface area (Å²) in [5.41, 5.74) is 0.601. The van der Waals surface area contributed by atoms with E-state index in [0.29, 0.717) is 19.5 Å². The van der Waals surface area contributed by atoms with Crippen molar-refractivity contribution in [3.05, 3.63) is 11.6 Å². The molecule has 0 aromatic rings. The summed E-state index contributed by atoms with van der Waals surface area (Å²) in [7, 11) is 0. The smallest absolute Gasteiger partial charge is 0.410 e. The molecule has 1 heterocycles. The van der Waals surface area contributed by atoms with E-state index < -0.39 is 5.60 Å². The fraction of sp³-hybridized carbons (Fsp3) is 0.667. The molecular formula is C12H17NO3. The third-order valence-corrected chi connectivity index (χ3v) is 2.83. The van der Waals surface area contributed by atoms with Crippen LogP contribution in [0.15, 0.2) is 11.6 Å². The second-order valence-corrected chi connectivity index (χ2v) is 5.36. The van der Waals surface area contributed by atoms with Gasteiger partial charge < -0.3 is 9.64 Å². The number of allylic oxidation sites excluding steroid dienone is 1. The average Bonchev–Trinajstić information content (AvgIpc) is 2.65. The summed E-state index contributed by atoms with van der Waals surface area (Å²) in [5.74, 6) is 0.161. The molecule has 1 saturated heterocycles. The lowest BCUT2D eigenvalue weighted by Gasteiger charge is -2.24. The maximum atomic E-state index is 11.8. The molecule has 2 rings (SSSR count). The fourth-order valence-corrected chi connectivity index (χ4v) is 2.09. The van der Waals surface area contributed by atoms with Gasteiger partial charge >= 0.3 is 6.09 Å². The maximum Gasteiger partial charge on any atom is 0.410 e. The molecule has 4 heteroatoms. The SMILES string of the molecule is CC(C)(C)OC(=O)N1CC2=CCC(=O)C2C1. The molecule has 0 bridgehead atoms. The minimum absolute atomic E-state index is 0.0625. The number of ketones is 1. The molecule has 1 atom stereocenters. The zero-order valence-corrected chi connectivity index (χ0v) is 9.95. The number of likely N-dealkylation sites (tertiary alicyclic amines) is 1. The van der Waals surface area contributed by atoms with Crippen LogP contribution in [0.4, 0.5) is 4.79 Å². The van der Waals surface area contributed by atoms with Crippen LogP contribution < -0.4 is 0 Å². The van der Waals surface area contributed by atoms with Gasteiger partial charge in [0.15, 0.2) is 0 Å². The van der Waals surface area contributed by atoms with E-state index >= 15 is 0 Å². The zero-order chi connectivity index (χ0) is 11.9. The van der Waals surface area contributed by atoms with E-state index in [-0.39, 0.29) is 17.8 Å². The molecule has 0 aromatic heterocycles. The van der Waals surface area contributed by atoms with Gasteiger partial charge in [-0.2, -0.15) is 0 Å². The highest BCUT2D eigenvalue weighted by Crippen LogP contribution is 2.31. The number of carbonyl (C=O) groups excluding carboxylic acids is 2. The number of fused-ring (bicyclic) bond motifs is 1. The Kier molecular flexibility index (Phi) is 2.52. The average molecular weight is 223 g/mol. The molecule has 1 aliphatic carbocycles. The van der Waals surface area contributed by atoms with Crippen molar-refractivity contribution in [2.24, 2.45) is 5.92 Å². The summed E-state index contributed by atoms with van der Waals surface area (Å²) in [6.45, 7) is 6.55. The Morgan fingerprint density at radius 3 is 2.75 bits per heavy atom. The van der Waals surface area contributed by atoms with Gasteiger partial charge in [-0.25, -0.2) is 4.79 Å². The summed E-state index contributed by atoms with van der Waals surface area (Å²) >= 11 is 0. The first-order valence-electron chi connectivity index (χ1n) is 5.56. The van der Waals surface area contributed by atoms with Gasteiger partial charge in [0.1, 0.15) is 11.4 Å². The van der Waals surface area contributed by atoms with E-state index in [0.717, 1.165) is 5.57 Å². The molecule has 0 aromatic carbocycles. The van der Waals surface area contributed by atoms with E-state index in [1.165, 1.54) is 0 Å². The molecule has 4 nitrogen and oxygen atoms in total. The standard InChI is InChI=1S/C12H17NO3/c1-12(2,3)16-11(15)13-6-8-4-5-10(14)9(8)7-13/h4,9H,5-7H2,1-3H3. The minimum atomic E-state index is -0.479. The molecule has 0 saturated carbocycles. The monoisotopic (exact) mass is 223 g/mol. The van der Waals surface area contributed by atoms with Crippen LogP contribution in [0.2, 0.25) is 0 Å². The number of rotatable bonds is 0. The van der Waals surface area contributed by atoms with Crippen LogP contribution in [-0.4, -0.2) is 35.5 Å². The summed E-state index contributed by atoms with van der Waals surface area (Å²) in [6, 6.07) is 0. The molecule has 1 aliphatic heterocycles. The topological polar surface area (TPSA) is 46.6 Å². The first-order valence-corrected chi connectivity index (χ1v) is 5.56. The van der Waals surface area contributed by atoms with Crippen LogP contribution in [0.3, 0.4) is 0 Å². The van der Waals surface area contributed by atoms with Crippen molar-refractivity contribution in [2.75, 3.05) is 13.1 Å². The zero-order valence-electron chi connectivity index (χ0n) is 9.95. The van der Waals surface area contributed by atoms with Crippen molar-refractivity contribution in [2.45, 2.75) is 32.8 Å². The van der Waals surface area contributed by atoms with Gasteiger partial charge in [-0.05, 0) is 26.3 Å². The minimum Gasteiger partial charge on any atom is -0.444 e. The van der Waals surface area contributed by atoms with Crippen molar-refractivity contribution in [3.8, 4) is 0 Å². The van der Waals surface area contributed by atoms with Crippen LogP contribution in [0.25, 0.3) is 0 Å². The number of carbonyl (C=O) groups is 2. The molecule has 0 radical (unpaired) electrons. The van der Waals surface area contributed by atoms with Gasteiger partial charge in [0.25, 0.3) is 0 Å². The highest BCUT2D eigenvalue weighted by atomic mass is 16.6. The number of Topliss-reactive ketones (excluding diaryl/α,β-unsaturated/α-hetero) is 1. The molecule has 2 aliphatic rings. The van der Waals surface area contributed by atoms with Gasteiger partial charge in [-0.1, -0.05) is 6.08 Å². The number of hydrogen-bond donors (Lipinski definition) is 0. The molecule has 1 amide bonds. The van der Waals surface area contributed by atoms with E-state index in [9.17, 15) is 9.59 Å². The summed E-state index contributed by atoms with van der Waals surface area (Å²) in [6.07, 6.45) is 2.15. The van der Waals surface area contributed by atoms with Crippen LogP contribution in [0, 0.1) is 5.92 Å². The summed E-state index contributed by atoms with van der Waals surface area (Å²) in [4.78, 5) is 24.9. The summed E-state index contributed by atoms with van der Waals surface area (Å²) < 4.78 is 5.27. The second kappa shape index (κ2) is 3.61. The van der Waals surface area contributed by atoms with E-state index in [1.807, 2.05) is 26.8 Å². The second-order valence-electron chi connectivity index (χ2n) is 5.36. The largest absolute Gasteiger partial charge is 0.444 e. The van der Waals surface area contributed by atoms with Crippen LogP contribution in [-0.2, 0) is 9.53 Å². The van der Waals surface area contributed by atoms with Crippen molar-refractivity contribution >= 4 is 11.9 Å². The van der Waals surface area contributed by atoms with Crippen molar-refractivity contribution < 1.29 is 14.3 Å². The predicted octanol–water partition coefficient (Wildman–Crippen LogP) is 1.75. The number of nitrogens with zero attached hydrogens (tertiary/aromatic N) is 1. The lowest BCUT2D eigenvalue weighted by molar-refractivity contribution is -0.120. The van der Waals surface area contributed by atoms with E-state index in [2.05, 4.69) is 0 Å². The van der Waals surface area contributed by atoms with Crippen molar-refractivity contribution in [3.63, 3.8) is 0 Å². The van der Waals surface area contributed by atoms with Gasteiger partial charge in [0.05, 0.1) is 5.92 Å². The molecule has 0 spiro atoms. The molecule has 16 heavy (non-hydrogen) atoms. The Bertz CT molecular complexity index is 365. The Morgan fingerprint density at radius 2 is 2.19 bits per heavy atom. The van der Waals surface area contributed by atoms with Crippen LogP contribution >= 0.6 is 0 Å². The quantitative estimate of drug-likeness (QED) is 0.588. The van der Waals surface area contributed by atoms with E-state index in [4.69, 9.17) is 4.74 Å². The highest BCUT2D eigenvalue weighted by Gasteiger charge is 2.39. The van der Waals surface area contributed by atoms with Crippen LogP contribution in [0.1, 0.15) is 27.2 Å². The van der Waals surface area contributed by atoms with Gasteiger partial charge in [-0.3, -0.25) is 4.79 Å².